The van der Waals surface area contributed by atoms with Crippen molar-refractivity contribution < 1.29 is 9.90 Å². The molecule has 19 heavy (non-hydrogen) atoms. The lowest BCUT2D eigenvalue weighted by atomic mass is 9.93. The van der Waals surface area contributed by atoms with Gasteiger partial charge in [-0.25, -0.2) is 0 Å². The van der Waals surface area contributed by atoms with Gasteiger partial charge in [-0.15, -0.1) is 0 Å². The van der Waals surface area contributed by atoms with E-state index in [9.17, 15) is 4.79 Å². The van der Waals surface area contributed by atoms with Gasteiger partial charge in [0.2, 0.25) is 0 Å². The Morgan fingerprint density at radius 2 is 2.26 bits per heavy atom. The average Bonchev–Trinajstić information content (AvgIpc) is 2.34. The summed E-state index contributed by atoms with van der Waals surface area (Å²) in [4.78, 5) is 13.3. The number of piperidine rings is 1. The van der Waals surface area contributed by atoms with Gasteiger partial charge in [0.05, 0.1) is 5.92 Å². The minimum absolute atomic E-state index is 0.259. The third-order valence-electron chi connectivity index (χ3n) is 3.75. The zero-order valence-corrected chi connectivity index (χ0v) is 13.1. The summed E-state index contributed by atoms with van der Waals surface area (Å²) in [7, 11) is 0. The number of halogens is 2. The predicted octanol–water partition coefficient (Wildman–Crippen LogP) is 3.79. The van der Waals surface area contributed by atoms with Crippen molar-refractivity contribution in [1.82, 2.24) is 4.90 Å². The van der Waals surface area contributed by atoms with E-state index >= 15 is 0 Å². The fourth-order valence-corrected chi connectivity index (χ4v) is 3.20. The summed E-state index contributed by atoms with van der Waals surface area (Å²) in [6.45, 7) is 3.45. The van der Waals surface area contributed by atoms with Crippen LogP contribution in [0.5, 0.6) is 0 Å². The third kappa shape index (κ3) is 3.71. The first-order chi connectivity index (χ1) is 8.97. The Labute approximate surface area is 126 Å². The fourth-order valence-electron chi connectivity index (χ4n) is 2.47. The summed E-state index contributed by atoms with van der Waals surface area (Å²) < 4.78 is 0.955. The molecule has 1 aliphatic heterocycles. The van der Waals surface area contributed by atoms with E-state index < -0.39 is 5.97 Å². The van der Waals surface area contributed by atoms with Crippen LogP contribution in [-0.2, 0) is 11.3 Å². The number of nitrogens with zero attached hydrogens (tertiary/aromatic N) is 1. The highest BCUT2D eigenvalue weighted by atomic mass is 79.9. The van der Waals surface area contributed by atoms with Crippen LogP contribution in [0, 0.1) is 5.92 Å². The molecular formula is C14H17BrClNO2. The van der Waals surface area contributed by atoms with Crippen LogP contribution < -0.4 is 0 Å². The second-order valence-electron chi connectivity index (χ2n) is 5.13. The van der Waals surface area contributed by atoms with Gasteiger partial charge >= 0.3 is 5.97 Å². The number of carboxylic acids is 1. The fraction of sp³-hybridized carbons (Fsp3) is 0.500. The van der Waals surface area contributed by atoms with Crippen molar-refractivity contribution in [1.29, 1.82) is 0 Å². The largest absolute Gasteiger partial charge is 0.481 e. The molecule has 0 saturated carbocycles. The lowest BCUT2D eigenvalue weighted by Crippen LogP contribution is -2.43. The molecule has 1 aromatic rings. The standard InChI is InChI=1S/C14H17BrClNO2/c1-9-2-3-11(14(18)19)8-17(9)7-10-4-5-12(15)6-13(10)16/h4-6,9,11H,2-3,7-8H2,1H3,(H,18,19). The summed E-state index contributed by atoms with van der Waals surface area (Å²) in [5, 5.41) is 9.86. The molecule has 0 aromatic heterocycles. The maximum absolute atomic E-state index is 11.1. The number of benzene rings is 1. The van der Waals surface area contributed by atoms with Gasteiger partial charge < -0.3 is 5.11 Å². The highest BCUT2D eigenvalue weighted by Gasteiger charge is 2.29. The van der Waals surface area contributed by atoms with E-state index in [1.165, 1.54) is 0 Å². The Morgan fingerprint density at radius 3 is 2.89 bits per heavy atom. The van der Waals surface area contributed by atoms with Crippen LogP contribution in [0.1, 0.15) is 25.3 Å². The first-order valence-corrected chi connectivity index (χ1v) is 7.55. The summed E-state index contributed by atoms with van der Waals surface area (Å²) in [6, 6.07) is 6.23. The van der Waals surface area contributed by atoms with Gasteiger partial charge in [0, 0.05) is 28.6 Å². The Hall–Kier alpha value is -0.580. The lowest BCUT2D eigenvalue weighted by molar-refractivity contribution is -0.144. The molecule has 3 nitrogen and oxygen atoms in total. The molecule has 2 rings (SSSR count). The molecule has 0 bridgehead atoms. The van der Waals surface area contributed by atoms with E-state index in [1.807, 2.05) is 18.2 Å². The van der Waals surface area contributed by atoms with Crippen molar-refractivity contribution in [2.24, 2.45) is 5.92 Å². The van der Waals surface area contributed by atoms with Crippen LogP contribution >= 0.6 is 27.5 Å². The Morgan fingerprint density at radius 1 is 1.53 bits per heavy atom. The number of aliphatic carboxylic acids is 1. The number of carboxylic acid groups (broad SMARTS) is 1. The summed E-state index contributed by atoms with van der Waals surface area (Å²) >= 11 is 9.61. The van der Waals surface area contributed by atoms with Gasteiger partial charge in [-0.05, 0) is 37.5 Å². The zero-order valence-electron chi connectivity index (χ0n) is 10.8. The highest BCUT2D eigenvalue weighted by molar-refractivity contribution is 9.10. The maximum atomic E-state index is 11.1. The van der Waals surface area contributed by atoms with Crippen molar-refractivity contribution in [3.05, 3.63) is 33.3 Å². The molecule has 0 amide bonds. The summed E-state index contributed by atoms with van der Waals surface area (Å²) in [5.41, 5.74) is 1.04. The molecule has 0 spiro atoms. The molecule has 1 saturated heterocycles. The average molecular weight is 347 g/mol. The predicted molar refractivity (Wildman–Crippen MR) is 79.4 cm³/mol. The van der Waals surface area contributed by atoms with Crippen molar-refractivity contribution >= 4 is 33.5 Å². The molecule has 1 aromatic carbocycles. The van der Waals surface area contributed by atoms with Crippen molar-refractivity contribution in [3.8, 4) is 0 Å². The minimum atomic E-state index is -0.696. The van der Waals surface area contributed by atoms with Crippen LogP contribution in [-0.4, -0.2) is 28.6 Å². The van der Waals surface area contributed by atoms with E-state index in [-0.39, 0.29) is 5.92 Å². The first kappa shape index (κ1) is 14.8. The van der Waals surface area contributed by atoms with Gasteiger partial charge in [0.1, 0.15) is 0 Å². The Balaban J connectivity index is 2.09. The molecule has 1 aliphatic rings. The van der Waals surface area contributed by atoms with Crippen molar-refractivity contribution in [3.63, 3.8) is 0 Å². The number of hydrogen-bond donors (Lipinski definition) is 1. The van der Waals surface area contributed by atoms with Crippen LogP contribution in [0.4, 0.5) is 0 Å². The normalized spacial score (nSPS) is 24.4. The van der Waals surface area contributed by atoms with Crippen molar-refractivity contribution in [2.45, 2.75) is 32.4 Å². The first-order valence-electron chi connectivity index (χ1n) is 6.38. The topological polar surface area (TPSA) is 40.5 Å². The van der Waals surface area contributed by atoms with Gasteiger partial charge in [-0.3, -0.25) is 9.69 Å². The molecule has 104 valence electrons. The maximum Gasteiger partial charge on any atom is 0.307 e. The quantitative estimate of drug-likeness (QED) is 0.905. The molecule has 1 N–H and O–H groups in total. The molecule has 0 aliphatic carbocycles. The van der Waals surface area contributed by atoms with Crippen LogP contribution in [0.3, 0.4) is 0 Å². The van der Waals surface area contributed by atoms with E-state index in [1.54, 1.807) is 0 Å². The van der Waals surface area contributed by atoms with Gasteiger partial charge in [-0.2, -0.15) is 0 Å². The highest BCUT2D eigenvalue weighted by Crippen LogP contribution is 2.27. The van der Waals surface area contributed by atoms with Gasteiger partial charge in [-0.1, -0.05) is 33.6 Å². The zero-order chi connectivity index (χ0) is 14.0. The molecule has 2 unspecified atom stereocenters. The summed E-state index contributed by atoms with van der Waals surface area (Å²) in [6.07, 6.45) is 1.69. The van der Waals surface area contributed by atoms with Crippen molar-refractivity contribution in [2.75, 3.05) is 6.54 Å². The number of rotatable bonds is 3. The third-order valence-corrected chi connectivity index (χ3v) is 4.59. The molecule has 0 radical (unpaired) electrons. The number of likely N-dealkylation sites (tertiary alicyclic amines) is 1. The van der Waals surface area contributed by atoms with Gasteiger partial charge in [0.25, 0.3) is 0 Å². The smallest absolute Gasteiger partial charge is 0.307 e. The lowest BCUT2D eigenvalue weighted by Gasteiger charge is -2.36. The molecule has 1 fully saturated rings. The van der Waals surface area contributed by atoms with Crippen LogP contribution in [0.15, 0.2) is 22.7 Å². The van der Waals surface area contributed by atoms with E-state index in [0.717, 1.165) is 27.9 Å². The van der Waals surface area contributed by atoms with E-state index in [2.05, 4.69) is 27.8 Å². The van der Waals surface area contributed by atoms with Crippen LogP contribution in [0.2, 0.25) is 5.02 Å². The number of carbonyl (C=O) groups is 1. The second kappa shape index (κ2) is 6.25. The molecular weight excluding hydrogens is 330 g/mol. The van der Waals surface area contributed by atoms with E-state index in [0.29, 0.717) is 19.1 Å². The summed E-state index contributed by atoms with van der Waals surface area (Å²) in [5.74, 6) is -0.954. The van der Waals surface area contributed by atoms with Crippen LogP contribution in [0.25, 0.3) is 0 Å². The molecule has 1 heterocycles. The Bertz CT molecular complexity index is 481. The number of hydrogen-bond acceptors (Lipinski definition) is 2. The molecule has 2 atom stereocenters. The molecule has 5 heteroatoms. The monoisotopic (exact) mass is 345 g/mol. The Kier molecular flexibility index (Phi) is 4.87. The minimum Gasteiger partial charge on any atom is -0.481 e. The van der Waals surface area contributed by atoms with E-state index in [4.69, 9.17) is 16.7 Å². The second-order valence-corrected chi connectivity index (χ2v) is 6.45. The SMILES string of the molecule is CC1CCC(C(=O)O)CN1Cc1ccc(Br)cc1Cl. The van der Waals surface area contributed by atoms with Gasteiger partial charge in [0.15, 0.2) is 0 Å².